The van der Waals surface area contributed by atoms with Crippen molar-refractivity contribution in [2.24, 2.45) is 7.05 Å². The van der Waals surface area contributed by atoms with E-state index in [4.69, 9.17) is 5.73 Å². The Balaban J connectivity index is 2.20. The van der Waals surface area contributed by atoms with E-state index >= 15 is 0 Å². The number of carbonyl (C=O) groups excluding carboxylic acids is 1. The third-order valence-electron chi connectivity index (χ3n) is 2.89. The van der Waals surface area contributed by atoms with Gasteiger partial charge >= 0.3 is 0 Å². The number of nitrogens with zero attached hydrogens (tertiary/aromatic N) is 3. The summed E-state index contributed by atoms with van der Waals surface area (Å²) in [5.41, 5.74) is 7.99. The summed E-state index contributed by atoms with van der Waals surface area (Å²) in [6.45, 7) is 3.50. The minimum absolute atomic E-state index is 0.0405. The molecule has 0 bridgehead atoms. The van der Waals surface area contributed by atoms with Crippen molar-refractivity contribution in [3.8, 4) is 0 Å². The van der Waals surface area contributed by atoms with Crippen LogP contribution in [-0.4, -0.2) is 33.7 Å². The van der Waals surface area contributed by atoms with Crippen LogP contribution in [-0.2, 0) is 7.05 Å². The second kappa shape index (κ2) is 4.00. The number of hydrogen-bond donors (Lipinski definition) is 1. The molecule has 2 heterocycles. The van der Waals surface area contributed by atoms with E-state index in [0.29, 0.717) is 17.9 Å². The van der Waals surface area contributed by atoms with Crippen molar-refractivity contribution in [1.82, 2.24) is 14.7 Å². The van der Waals surface area contributed by atoms with Gasteiger partial charge in [0.25, 0.3) is 5.91 Å². The molecule has 0 atom stereocenters. The first-order valence-electron chi connectivity index (χ1n) is 5.32. The highest BCUT2D eigenvalue weighted by Gasteiger charge is 2.22. The van der Waals surface area contributed by atoms with Crippen molar-refractivity contribution in [3.63, 3.8) is 0 Å². The Bertz CT molecular complexity index is 427. The normalized spacial score (nSPS) is 16.1. The van der Waals surface area contributed by atoms with Crippen molar-refractivity contribution in [3.05, 3.63) is 23.5 Å². The van der Waals surface area contributed by atoms with Gasteiger partial charge in [-0.25, -0.2) is 0 Å². The maximum absolute atomic E-state index is 12.2. The number of anilines is 1. The molecule has 5 heteroatoms. The number of nitrogen functional groups attached to an aromatic ring is 1. The van der Waals surface area contributed by atoms with Gasteiger partial charge in [-0.3, -0.25) is 9.48 Å². The van der Waals surface area contributed by atoms with Crippen LogP contribution in [0.3, 0.4) is 0 Å². The highest BCUT2D eigenvalue weighted by atomic mass is 16.2. The molecule has 0 fully saturated rings. The van der Waals surface area contributed by atoms with E-state index in [-0.39, 0.29) is 5.91 Å². The van der Waals surface area contributed by atoms with E-state index in [0.717, 1.165) is 13.0 Å². The van der Waals surface area contributed by atoms with Gasteiger partial charge in [-0.2, -0.15) is 5.10 Å². The molecular formula is C11H16N4O. The second-order valence-corrected chi connectivity index (χ2v) is 4.12. The van der Waals surface area contributed by atoms with Crippen LogP contribution in [0.2, 0.25) is 0 Å². The Morgan fingerprint density at radius 3 is 2.81 bits per heavy atom. The smallest absolute Gasteiger partial charge is 0.274 e. The van der Waals surface area contributed by atoms with Crippen LogP contribution in [0.1, 0.15) is 23.8 Å². The first-order chi connectivity index (χ1) is 7.59. The number of aryl methyl sites for hydroxylation is 1. The molecule has 0 aliphatic carbocycles. The molecule has 1 aromatic rings. The van der Waals surface area contributed by atoms with Crippen LogP contribution >= 0.6 is 0 Å². The third kappa shape index (κ3) is 1.80. The van der Waals surface area contributed by atoms with Crippen molar-refractivity contribution >= 4 is 11.6 Å². The largest absolute Gasteiger partial charge is 0.396 e. The lowest BCUT2D eigenvalue weighted by atomic mass is 10.1. The molecule has 0 saturated heterocycles. The third-order valence-corrected chi connectivity index (χ3v) is 2.89. The summed E-state index contributed by atoms with van der Waals surface area (Å²) in [7, 11) is 1.73. The molecule has 1 aliphatic rings. The summed E-state index contributed by atoms with van der Waals surface area (Å²) in [6, 6.07) is 0. The van der Waals surface area contributed by atoms with Crippen molar-refractivity contribution in [2.45, 2.75) is 13.3 Å². The number of rotatable bonds is 1. The SMILES string of the molecule is CC1=CCN(C(=O)c2c(N)cnn2C)CC1. The molecule has 2 N–H and O–H groups in total. The molecule has 86 valence electrons. The van der Waals surface area contributed by atoms with Crippen LogP contribution in [0.15, 0.2) is 17.8 Å². The van der Waals surface area contributed by atoms with Gasteiger partial charge in [0, 0.05) is 20.1 Å². The highest BCUT2D eigenvalue weighted by Crippen LogP contribution is 2.16. The zero-order chi connectivity index (χ0) is 11.7. The van der Waals surface area contributed by atoms with Crippen molar-refractivity contribution < 1.29 is 4.79 Å². The molecule has 1 aliphatic heterocycles. The monoisotopic (exact) mass is 220 g/mol. The Hall–Kier alpha value is -1.78. The van der Waals surface area contributed by atoms with Crippen molar-refractivity contribution in [1.29, 1.82) is 0 Å². The maximum atomic E-state index is 12.2. The topological polar surface area (TPSA) is 64.2 Å². The maximum Gasteiger partial charge on any atom is 0.274 e. The molecule has 0 spiro atoms. The van der Waals surface area contributed by atoms with Gasteiger partial charge in [0.05, 0.1) is 11.9 Å². The molecule has 5 nitrogen and oxygen atoms in total. The van der Waals surface area contributed by atoms with Gasteiger partial charge < -0.3 is 10.6 Å². The molecule has 0 aromatic carbocycles. The Morgan fingerprint density at radius 1 is 1.56 bits per heavy atom. The first-order valence-corrected chi connectivity index (χ1v) is 5.32. The van der Waals surface area contributed by atoms with Crippen LogP contribution in [0.4, 0.5) is 5.69 Å². The fraction of sp³-hybridized carbons (Fsp3) is 0.455. The van der Waals surface area contributed by atoms with E-state index in [2.05, 4.69) is 18.1 Å². The molecule has 16 heavy (non-hydrogen) atoms. The average Bonchev–Trinajstić information content (AvgIpc) is 2.59. The Labute approximate surface area is 94.5 Å². The van der Waals surface area contributed by atoms with Crippen LogP contribution in [0.5, 0.6) is 0 Å². The minimum Gasteiger partial charge on any atom is -0.396 e. The van der Waals surface area contributed by atoms with E-state index in [1.54, 1.807) is 11.9 Å². The van der Waals surface area contributed by atoms with Crippen LogP contribution in [0, 0.1) is 0 Å². The lowest BCUT2D eigenvalue weighted by molar-refractivity contribution is 0.0759. The standard InChI is InChI=1S/C11H16N4O/c1-8-3-5-15(6-4-8)11(16)10-9(12)7-13-14(10)2/h3,7H,4-6,12H2,1-2H3. The zero-order valence-corrected chi connectivity index (χ0v) is 9.60. The predicted molar refractivity (Wildman–Crippen MR) is 61.9 cm³/mol. The molecule has 1 aromatic heterocycles. The summed E-state index contributed by atoms with van der Waals surface area (Å²) in [6.07, 6.45) is 4.52. The molecular weight excluding hydrogens is 204 g/mol. The summed E-state index contributed by atoms with van der Waals surface area (Å²) < 4.78 is 1.53. The first kappa shape index (κ1) is 10.7. The number of nitrogens with two attached hydrogens (primary N) is 1. The summed E-state index contributed by atoms with van der Waals surface area (Å²) in [4.78, 5) is 14.0. The van der Waals surface area contributed by atoms with E-state index in [1.165, 1.54) is 16.5 Å². The lowest BCUT2D eigenvalue weighted by Crippen LogP contribution is -2.36. The predicted octanol–water partition coefficient (Wildman–Crippen LogP) is 0.794. The van der Waals surface area contributed by atoms with E-state index in [1.807, 2.05) is 0 Å². The van der Waals surface area contributed by atoms with Gasteiger partial charge in [-0.05, 0) is 13.3 Å². The van der Waals surface area contributed by atoms with Gasteiger partial charge in [-0.1, -0.05) is 11.6 Å². The average molecular weight is 220 g/mol. The molecule has 0 radical (unpaired) electrons. The minimum atomic E-state index is -0.0405. The van der Waals surface area contributed by atoms with Crippen molar-refractivity contribution in [2.75, 3.05) is 18.8 Å². The summed E-state index contributed by atoms with van der Waals surface area (Å²) in [5, 5.41) is 3.98. The fourth-order valence-corrected chi connectivity index (χ4v) is 1.82. The quantitative estimate of drug-likeness (QED) is 0.712. The highest BCUT2D eigenvalue weighted by molar-refractivity contribution is 5.97. The molecule has 0 unspecified atom stereocenters. The van der Waals surface area contributed by atoms with Gasteiger partial charge in [0.1, 0.15) is 5.69 Å². The molecule has 1 amide bonds. The van der Waals surface area contributed by atoms with Gasteiger partial charge in [-0.15, -0.1) is 0 Å². The van der Waals surface area contributed by atoms with E-state index in [9.17, 15) is 4.79 Å². The molecule has 2 rings (SSSR count). The second-order valence-electron chi connectivity index (χ2n) is 4.12. The zero-order valence-electron chi connectivity index (χ0n) is 9.60. The number of hydrogen-bond acceptors (Lipinski definition) is 3. The number of carbonyl (C=O) groups is 1. The van der Waals surface area contributed by atoms with Crippen LogP contribution in [0.25, 0.3) is 0 Å². The lowest BCUT2D eigenvalue weighted by Gasteiger charge is -2.25. The summed E-state index contributed by atoms with van der Waals surface area (Å²) in [5.74, 6) is -0.0405. The number of amides is 1. The molecule has 0 saturated carbocycles. The van der Waals surface area contributed by atoms with E-state index < -0.39 is 0 Å². The van der Waals surface area contributed by atoms with Gasteiger partial charge in [0.15, 0.2) is 0 Å². The number of aromatic nitrogens is 2. The van der Waals surface area contributed by atoms with Crippen LogP contribution < -0.4 is 5.73 Å². The fourth-order valence-electron chi connectivity index (χ4n) is 1.82. The van der Waals surface area contributed by atoms with Gasteiger partial charge in [0.2, 0.25) is 0 Å². The Morgan fingerprint density at radius 2 is 2.31 bits per heavy atom. The Kier molecular flexibility index (Phi) is 2.68. The summed E-state index contributed by atoms with van der Waals surface area (Å²) >= 11 is 0.